The molecule has 5 aromatic rings. The number of aliphatic carboxylic acids is 1. The number of rotatable bonds is 11. The number of anilines is 1. The number of likely N-dealkylation sites (tertiary alicyclic amines) is 1. The van der Waals surface area contributed by atoms with Gasteiger partial charge in [-0.05, 0) is 120 Å². The van der Waals surface area contributed by atoms with E-state index in [1.165, 1.54) is 6.07 Å². The van der Waals surface area contributed by atoms with Crippen LogP contribution in [0, 0.1) is 5.92 Å². The van der Waals surface area contributed by atoms with Crippen LogP contribution in [0.15, 0.2) is 59.5 Å². The average molecular weight is 859 g/mol. The number of carbonyl (C=O) groups excluding carboxylic acids is 3. The van der Waals surface area contributed by atoms with Gasteiger partial charge in [0.05, 0.1) is 28.2 Å². The highest BCUT2D eigenvalue weighted by Gasteiger charge is 2.35. The standard InChI is InChI=1S/C44H49F3N8O7/c1-43(2,62-24-38(57)58)30-21-32-27(20-33(30)49-40(59)31-7-5-9-36(48-31)44(45,46)47)23-54(51-32)28-12-10-25(11-13-28)22-53-18-16-26(17-19-53)29-6-4-8-34-39(29)52(3)42(61)55(34)35-14-15-37(56)50-41(35)60/h4-9,20-21,23,25-26,28,35H,10-19,22,24H2,1-3H3,(H,49,59)(H,57,58)(H,50,56,60). The number of hydrogen-bond donors (Lipinski definition) is 3. The molecule has 8 rings (SSSR count). The van der Waals surface area contributed by atoms with Crippen molar-refractivity contribution in [3.8, 4) is 0 Å². The Balaban J connectivity index is 0.921. The maximum absolute atomic E-state index is 13.5. The van der Waals surface area contributed by atoms with Crippen LogP contribution in [0.5, 0.6) is 0 Å². The number of nitrogens with zero attached hydrogens (tertiary/aromatic N) is 6. The molecule has 0 spiro atoms. The maximum Gasteiger partial charge on any atom is 0.433 e. The van der Waals surface area contributed by atoms with Crippen molar-refractivity contribution in [1.82, 2.24) is 34.1 Å². The molecule has 5 heterocycles. The third-order valence-corrected chi connectivity index (χ3v) is 12.8. The minimum atomic E-state index is -4.74. The number of aryl methyl sites for hydroxylation is 1. The predicted octanol–water partition coefficient (Wildman–Crippen LogP) is 6.28. The van der Waals surface area contributed by atoms with Gasteiger partial charge in [-0.2, -0.15) is 18.3 Å². The zero-order chi connectivity index (χ0) is 44.1. The van der Waals surface area contributed by atoms with E-state index in [4.69, 9.17) is 9.84 Å². The molecule has 1 aliphatic carbocycles. The number of benzene rings is 2. The number of halogens is 3. The Bertz CT molecular complexity index is 2620. The molecule has 2 aliphatic heterocycles. The molecule has 62 heavy (non-hydrogen) atoms. The van der Waals surface area contributed by atoms with Crippen LogP contribution in [0.25, 0.3) is 21.9 Å². The second kappa shape index (κ2) is 16.8. The fraction of sp³-hybridized carbons (Fsp3) is 0.477. The lowest BCUT2D eigenvalue weighted by Gasteiger charge is -2.37. The molecule has 3 aromatic heterocycles. The first kappa shape index (κ1) is 42.8. The van der Waals surface area contributed by atoms with Crippen LogP contribution in [0.4, 0.5) is 18.9 Å². The lowest BCUT2D eigenvalue weighted by molar-refractivity contribution is -0.148. The van der Waals surface area contributed by atoms with Gasteiger partial charge in [0, 0.05) is 42.8 Å². The highest BCUT2D eigenvalue weighted by atomic mass is 19.4. The molecule has 18 heteroatoms. The maximum atomic E-state index is 13.5. The quantitative estimate of drug-likeness (QED) is 0.128. The number of fused-ring (bicyclic) bond motifs is 2. The summed E-state index contributed by atoms with van der Waals surface area (Å²) in [4.78, 5) is 68.8. The van der Waals surface area contributed by atoms with E-state index < -0.39 is 53.6 Å². The molecule has 328 valence electrons. The first-order chi connectivity index (χ1) is 29.5. The number of imide groups is 1. The summed E-state index contributed by atoms with van der Waals surface area (Å²) in [6.45, 7) is 5.49. The van der Waals surface area contributed by atoms with Crippen LogP contribution in [0.3, 0.4) is 0 Å². The number of piperidine rings is 2. The molecule has 2 saturated heterocycles. The third kappa shape index (κ3) is 8.62. The molecule has 3 N–H and O–H groups in total. The summed E-state index contributed by atoms with van der Waals surface area (Å²) in [5.41, 5.74) is 0.740. The lowest BCUT2D eigenvalue weighted by Crippen LogP contribution is -2.44. The van der Waals surface area contributed by atoms with Gasteiger partial charge in [0.1, 0.15) is 24.0 Å². The number of para-hydroxylation sites is 1. The summed E-state index contributed by atoms with van der Waals surface area (Å²) in [5, 5.41) is 20.0. The molecular formula is C44H49F3N8O7. The van der Waals surface area contributed by atoms with Crippen molar-refractivity contribution in [3.63, 3.8) is 0 Å². The zero-order valence-electron chi connectivity index (χ0n) is 34.7. The predicted molar refractivity (Wildman–Crippen MR) is 222 cm³/mol. The first-order valence-corrected chi connectivity index (χ1v) is 21.0. The van der Waals surface area contributed by atoms with E-state index in [0.717, 1.165) is 81.4 Å². The van der Waals surface area contributed by atoms with E-state index in [1.807, 2.05) is 23.0 Å². The summed E-state index contributed by atoms with van der Waals surface area (Å²) in [6, 6.07) is 11.8. The highest BCUT2D eigenvalue weighted by molar-refractivity contribution is 6.04. The topological polar surface area (TPSA) is 183 Å². The average Bonchev–Trinajstić information content (AvgIpc) is 3.77. The van der Waals surface area contributed by atoms with Gasteiger partial charge in [-0.3, -0.25) is 33.5 Å². The number of imidazole rings is 1. The minimum absolute atomic E-state index is 0.121. The van der Waals surface area contributed by atoms with Gasteiger partial charge < -0.3 is 20.1 Å². The van der Waals surface area contributed by atoms with E-state index in [2.05, 4.69) is 26.6 Å². The number of nitrogens with one attached hydrogen (secondary N) is 2. The Morgan fingerprint density at radius 2 is 1.69 bits per heavy atom. The Morgan fingerprint density at radius 1 is 0.968 bits per heavy atom. The number of alkyl halides is 3. The lowest BCUT2D eigenvalue weighted by atomic mass is 9.84. The fourth-order valence-electron chi connectivity index (χ4n) is 9.52. The third-order valence-electron chi connectivity index (χ3n) is 12.8. The van der Waals surface area contributed by atoms with Crippen LogP contribution in [-0.2, 0) is 37.9 Å². The summed E-state index contributed by atoms with van der Waals surface area (Å²) < 4.78 is 51.0. The minimum Gasteiger partial charge on any atom is -0.480 e. The second-order valence-electron chi connectivity index (χ2n) is 17.3. The molecule has 2 aromatic carbocycles. The van der Waals surface area contributed by atoms with Crippen LogP contribution in [0.2, 0.25) is 0 Å². The number of aromatic nitrogens is 5. The highest BCUT2D eigenvalue weighted by Crippen LogP contribution is 2.39. The Kier molecular flexibility index (Phi) is 11.6. The SMILES string of the molecule is Cn1c(=O)n(C2CCC(=O)NC2=O)c2cccc(C3CCN(CC4CCC(n5cc6cc(NC(=O)c7cccc(C(F)(F)F)n7)c(C(C)(C)OCC(=O)O)cc6n5)CC4)CC3)c21. The van der Waals surface area contributed by atoms with Crippen molar-refractivity contribution in [2.24, 2.45) is 13.0 Å². The number of pyridine rings is 1. The second-order valence-corrected chi connectivity index (χ2v) is 17.3. The number of carboxylic acid groups (broad SMARTS) is 1. The van der Waals surface area contributed by atoms with Crippen molar-refractivity contribution in [2.45, 2.75) is 95.0 Å². The van der Waals surface area contributed by atoms with Gasteiger partial charge in [0.15, 0.2) is 0 Å². The number of carbonyl (C=O) groups is 4. The van der Waals surface area contributed by atoms with E-state index in [0.29, 0.717) is 27.9 Å². The van der Waals surface area contributed by atoms with Crippen molar-refractivity contribution in [1.29, 1.82) is 0 Å². The molecule has 0 bridgehead atoms. The van der Waals surface area contributed by atoms with Gasteiger partial charge in [-0.25, -0.2) is 14.6 Å². The van der Waals surface area contributed by atoms with Crippen LogP contribution in [-0.4, -0.2) is 83.8 Å². The molecule has 3 aliphatic rings. The van der Waals surface area contributed by atoms with E-state index in [1.54, 1.807) is 42.2 Å². The molecular weight excluding hydrogens is 810 g/mol. The van der Waals surface area contributed by atoms with Crippen molar-refractivity contribution in [3.05, 3.63) is 87.7 Å². The molecule has 0 radical (unpaired) electrons. The van der Waals surface area contributed by atoms with Gasteiger partial charge in [0.2, 0.25) is 11.8 Å². The largest absolute Gasteiger partial charge is 0.480 e. The summed E-state index contributed by atoms with van der Waals surface area (Å²) in [5.74, 6) is -2.07. The molecule has 1 unspecified atom stereocenters. The van der Waals surface area contributed by atoms with Crippen LogP contribution in [0.1, 0.15) is 111 Å². The summed E-state index contributed by atoms with van der Waals surface area (Å²) in [6.07, 6.45) is 3.32. The molecule has 3 amide bonds. The normalized spacial score (nSPS) is 20.8. The fourth-order valence-corrected chi connectivity index (χ4v) is 9.52. The van der Waals surface area contributed by atoms with Crippen molar-refractivity contribution in [2.75, 3.05) is 31.6 Å². The van der Waals surface area contributed by atoms with Gasteiger partial charge in [-0.1, -0.05) is 18.2 Å². The number of ether oxygens (including phenoxy) is 1. The van der Waals surface area contributed by atoms with Gasteiger partial charge in [-0.15, -0.1) is 0 Å². The van der Waals surface area contributed by atoms with Crippen molar-refractivity contribution < 1.29 is 42.2 Å². The number of carboxylic acids is 1. The number of amides is 3. The first-order valence-electron chi connectivity index (χ1n) is 21.0. The summed E-state index contributed by atoms with van der Waals surface area (Å²) in [7, 11) is 1.74. The monoisotopic (exact) mass is 858 g/mol. The smallest absolute Gasteiger partial charge is 0.433 e. The zero-order valence-corrected chi connectivity index (χ0v) is 34.7. The van der Waals surface area contributed by atoms with E-state index in [-0.39, 0.29) is 42.1 Å². The van der Waals surface area contributed by atoms with Gasteiger partial charge in [0.25, 0.3) is 5.91 Å². The van der Waals surface area contributed by atoms with Gasteiger partial charge >= 0.3 is 17.8 Å². The van der Waals surface area contributed by atoms with Crippen LogP contribution >= 0.6 is 0 Å². The Hall–Kier alpha value is -5.88. The van der Waals surface area contributed by atoms with E-state index in [9.17, 15) is 42.3 Å². The van der Waals surface area contributed by atoms with Crippen molar-refractivity contribution >= 4 is 51.3 Å². The molecule has 15 nitrogen and oxygen atoms in total. The molecule has 1 saturated carbocycles. The Morgan fingerprint density at radius 3 is 2.39 bits per heavy atom. The number of hydrogen-bond acceptors (Lipinski definition) is 9. The molecule has 1 atom stereocenters. The summed E-state index contributed by atoms with van der Waals surface area (Å²) >= 11 is 0. The van der Waals surface area contributed by atoms with Crippen LogP contribution < -0.4 is 16.3 Å². The Labute approximate surface area is 354 Å². The molecule has 3 fully saturated rings. The van der Waals surface area contributed by atoms with E-state index >= 15 is 0 Å².